The van der Waals surface area contributed by atoms with E-state index in [1.54, 1.807) is 6.20 Å². The van der Waals surface area contributed by atoms with Crippen LogP contribution < -0.4 is 0 Å². The molecule has 1 heterocycles. The van der Waals surface area contributed by atoms with Crippen molar-refractivity contribution in [1.82, 2.24) is 14.5 Å². The molecule has 0 saturated heterocycles. The van der Waals surface area contributed by atoms with E-state index < -0.39 is 0 Å². The number of aromatic nitrogens is 2. The van der Waals surface area contributed by atoms with E-state index in [0.717, 1.165) is 12.4 Å². The number of imidazole rings is 1. The van der Waals surface area contributed by atoms with E-state index in [1.807, 2.05) is 29.3 Å². The van der Waals surface area contributed by atoms with Crippen molar-refractivity contribution in [2.45, 2.75) is 13.1 Å². The molecule has 0 atom stereocenters. The average molecular weight is 275 g/mol. The largest absolute Gasteiger partial charge is 0.395 e. The molecule has 0 unspecified atom stereocenters. The van der Waals surface area contributed by atoms with Gasteiger partial charge < -0.3 is 14.8 Å². The molecule has 0 spiro atoms. The van der Waals surface area contributed by atoms with Crippen LogP contribution in [0.3, 0.4) is 0 Å². The number of aliphatic hydroxyl groups excluding tert-OH is 2. The molecule has 0 saturated carbocycles. The SMILES string of the molecule is OCCN(CCO)Cc1nccn1Cc1ccccc1. The van der Waals surface area contributed by atoms with Crippen LogP contribution in [0.5, 0.6) is 0 Å². The zero-order chi connectivity index (χ0) is 14.2. The average Bonchev–Trinajstić information content (AvgIpc) is 2.88. The van der Waals surface area contributed by atoms with Gasteiger partial charge in [-0.15, -0.1) is 0 Å². The van der Waals surface area contributed by atoms with E-state index in [1.165, 1.54) is 5.56 Å². The molecule has 2 aromatic rings. The summed E-state index contributed by atoms with van der Waals surface area (Å²) in [7, 11) is 0. The van der Waals surface area contributed by atoms with E-state index in [-0.39, 0.29) is 13.2 Å². The first-order valence-corrected chi connectivity index (χ1v) is 6.81. The Morgan fingerprint density at radius 1 is 1.05 bits per heavy atom. The van der Waals surface area contributed by atoms with E-state index >= 15 is 0 Å². The minimum Gasteiger partial charge on any atom is -0.395 e. The quantitative estimate of drug-likeness (QED) is 0.745. The van der Waals surface area contributed by atoms with Gasteiger partial charge in [-0.25, -0.2) is 4.98 Å². The predicted octanol–water partition coefficient (Wildman–Crippen LogP) is 0.718. The summed E-state index contributed by atoms with van der Waals surface area (Å²) in [5.74, 6) is 0.941. The highest BCUT2D eigenvalue weighted by Gasteiger charge is 2.09. The van der Waals surface area contributed by atoms with Gasteiger partial charge in [0.05, 0.1) is 19.8 Å². The maximum absolute atomic E-state index is 9.05. The second-order valence-electron chi connectivity index (χ2n) is 4.68. The van der Waals surface area contributed by atoms with Crippen LogP contribution in [-0.2, 0) is 13.1 Å². The van der Waals surface area contributed by atoms with Gasteiger partial charge in [0, 0.05) is 32.0 Å². The van der Waals surface area contributed by atoms with Crippen LogP contribution in [0.25, 0.3) is 0 Å². The maximum Gasteiger partial charge on any atom is 0.123 e. The number of nitrogens with zero attached hydrogens (tertiary/aromatic N) is 3. The molecule has 2 rings (SSSR count). The van der Waals surface area contributed by atoms with Crippen LogP contribution in [0.4, 0.5) is 0 Å². The van der Waals surface area contributed by atoms with Crippen molar-refractivity contribution < 1.29 is 10.2 Å². The first-order valence-electron chi connectivity index (χ1n) is 6.81. The standard InChI is InChI=1S/C15H21N3O2/c19-10-8-17(9-11-20)13-15-16-6-7-18(15)12-14-4-2-1-3-5-14/h1-7,19-20H,8-13H2. The van der Waals surface area contributed by atoms with Gasteiger partial charge in [0.1, 0.15) is 5.82 Å². The summed E-state index contributed by atoms with van der Waals surface area (Å²) in [6.45, 7) is 2.65. The molecule has 20 heavy (non-hydrogen) atoms. The molecule has 5 nitrogen and oxygen atoms in total. The van der Waals surface area contributed by atoms with Gasteiger partial charge in [-0.05, 0) is 5.56 Å². The minimum atomic E-state index is 0.0827. The third-order valence-electron chi connectivity index (χ3n) is 3.19. The third-order valence-corrected chi connectivity index (χ3v) is 3.19. The van der Waals surface area contributed by atoms with Gasteiger partial charge in [0.15, 0.2) is 0 Å². The fourth-order valence-electron chi connectivity index (χ4n) is 2.17. The molecule has 0 radical (unpaired) electrons. The van der Waals surface area contributed by atoms with Crippen LogP contribution in [0.2, 0.25) is 0 Å². The number of aliphatic hydroxyl groups is 2. The lowest BCUT2D eigenvalue weighted by molar-refractivity contribution is 0.152. The summed E-state index contributed by atoms with van der Waals surface area (Å²) in [4.78, 5) is 6.36. The highest BCUT2D eigenvalue weighted by molar-refractivity contribution is 5.15. The second-order valence-corrected chi connectivity index (χ2v) is 4.68. The molecule has 1 aromatic carbocycles. The Hall–Kier alpha value is -1.69. The maximum atomic E-state index is 9.05. The Bertz CT molecular complexity index is 493. The summed E-state index contributed by atoms with van der Waals surface area (Å²) < 4.78 is 2.09. The molecule has 108 valence electrons. The summed E-state index contributed by atoms with van der Waals surface area (Å²) in [6, 6.07) is 10.2. The Morgan fingerprint density at radius 3 is 2.40 bits per heavy atom. The third kappa shape index (κ3) is 4.16. The van der Waals surface area contributed by atoms with Crippen molar-refractivity contribution in [3.05, 3.63) is 54.1 Å². The smallest absolute Gasteiger partial charge is 0.123 e. The normalized spacial score (nSPS) is 11.2. The number of benzene rings is 1. The number of hydrogen-bond donors (Lipinski definition) is 2. The Morgan fingerprint density at radius 2 is 1.75 bits per heavy atom. The fraction of sp³-hybridized carbons (Fsp3) is 0.400. The molecule has 2 N–H and O–H groups in total. The van der Waals surface area contributed by atoms with Crippen molar-refractivity contribution in [2.75, 3.05) is 26.3 Å². The van der Waals surface area contributed by atoms with Crippen molar-refractivity contribution in [2.24, 2.45) is 0 Å². The number of hydrogen-bond acceptors (Lipinski definition) is 4. The molecule has 1 aromatic heterocycles. The summed E-state index contributed by atoms with van der Waals surface area (Å²) in [6.07, 6.45) is 3.74. The van der Waals surface area contributed by atoms with Gasteiger partial charge in [-0.2, -0.15) is 0 Å². The van der Waals surface area contributed by atoms with Crippen LogP contribution in [0, 0.1) is 0 Å². The lowest BCUT2D eigenvalue weighted by atomic mass is 10.2. The van der Waals surface area contributed by atoms with Crippen LogP contribution in [-0.4, -0.2) is 51.0 Å². The molecular weight excluding hydrogens is 254 g/mol. The van der Waals surface area contributed by atoms with Crippen LogP contribution in [0.15, 0.2) is 42.7 Å². The Balaban J connectivity index is 2.04. The van der Waals surface area contributed by atoms with Gasteiger partial charge in [-0.3, -0.25) is 4.90 Å². The molecule has 0 fully saturated rings. The molecular formula is C15H21N3O2. The topological polar surface area (TPSA) is 61.5 Å². The fourth-order valence-corrected chi connectivity index (χ4v) is 2.17. The lowest BCUT2D eigenvalue weighted by Crippen LogP contribution is -2.30. The zero-order valence-corrected chi connectivity index (χ0v) is 11.5. The van der Waals surface area contributed by atoms with E-state index in [2.05, 4.69) is 21.7 Å². The van der Waals surface area contributed by atoms with E-state index in [9.17, 15) is 0 Å². The van der Waals surface area contributed by atoms with Gasteiger partial charge >= 0.3 is 0 Å². The molecule has 0 aliphatic carbocycles. The Labute approximate surface area is 119 Å². The van der Waals surface area contributed by atoms with Crippen molar-refractivity contribution >= 4 is 0 Å². The monoisotopic (exact) mass is 275 g/mol. The lowest BCUT2D eigenvalue weighted by Gasteiger charge is -2.20. The zero-order valence-electron chi connectivity index (χ0n) is 11.5. The molecule has 0 aliphatic heterocycles. The first kappa shape index (κ1) is 14.7. The highest BCUT2D eigenvalue weighted by atomic mass is 16.3. The second kappa shape index (κ2) is 7.79. The van der Waals surface area contributed by atoms with Gasteiger partial charge in [-0.1, -0.05) is 30.3 Å². The minimum absolute atomic E-state index is 0.0827. The van der Waals surface area contributed by atoms with Crippen molar-refractivity contribution in [1.29, 1.82) is 0 Å². The van der Waals surface area contributed by atoms with Gasteiger partial charge in [0.2, 0.25) is 0 Å². The molecule has 0 bridgehead atoms. The van der Waals surface area contributed by atoms with E-state index in [0.29, 0.717) is 19.6 Å². The van der Waals surface area contributed by atoms with Crippen molar-refractivity contribution in [3.63, 3.8) is 0 Å². The molecule has 0 amide bonds. The van der Waals surface area contributed by atoms with Crippen molar-refractivity contribution in [3.8, 4) is 0 Å². The summed E-state index contributed by atoms with van der Waals surface area (Å²) in [5, 5.41) is 18.1. The molecule has 5 heteroatoms. The Kier molecular flexibility index (Phi) is 5.73. The molecule has 0 aliphatic rings. The first-order chi connectivity index (χ1) is 9.83. The summed E-state index contributed by atoms with van der Waals surface area (Å²) >= 11 is 0. The van der Waals surface area contributed by atoms with Crippen LogP contribution >= 0.6 is 0 Å². The van der Waals surface area contributed by atoms with Gasteiger partial charge in [0.25, 0.3) is 0 Å². The highest BCUT2D eigenvalue weighted by Crippen LogP contribution is 2.07. The summed E-state index contributed by atoms with van der Waals surface area (Å²) in [5.41, 5.74) is 1.22. The predicted molar refractivity (Wildman–Crippen MR) is 77.2 cm³/mol. The van der Waals surface area contributed by atoms with E-state index in [4.69, 9.17) is 10.2 Å². The number of rotatable bonds is 8. The van der Waals surface area contributed by atoms with Crippen LogP contribution in [0.1, 0.15) is 11.4 Å².